The van der Waals surface area contributed by atoms with E-state index in [2.05, 4.69) is 16.4 Å². The van der Waals surface area contributed by atoms with Gasteiger partial charge in [0, 0.05) is 30.2 Å². The molecule has 0 saturated heterocycles. The number of pyridine rings is 1. The average Bonchev–Trinajstić information content (AvgIpc) is 2.62. The Morgan fingerprint density at radius 1 is 1.00 bits per heavy atom. The van der Waals surface area contributed by atoms with Crippen molar-refractivity contribution in [2.45, 2.75) is 6.29 Å². The van der Waals surface area contributed by atoms with E-state index < -0.39 is 0 Å². The zero-order valence-electron chi connectivity index (χ0n) is 13.6. The smallest absolute Gasteiger partial charge is 0.173 e. The first-order valence-electron chi connectivity index (χ1n) is 7.67. The van der Waals surface area contributed by atoms with Crippen LogP contribution in [0.25, 0.3) is 22.0 Å². The van der Waals surface area contributed by atoms with Crippen molar-refractivity contribution in [1.82, 2.24) is 4.98 Å². The molecular formula is C19H19ClN2O2. The number of methoxy groups -OCH3 is 2. The SMILES string of the molecule is COC(CNc1cc(-c2ccccc2Cl)c2ccccc2n1)OC. The van der Waals surface area contributed by atoms with Crippen LogP contribution < -0.4 is 5.32 Å². The van der Waals surface area contributed by atoms with Crippen LogP contribution in [0.5, 0.6) is 0 Å². The Hall–Kier alpha value is -2.14. The number of hydrogen-bond acceptors (Lipinski definition) is 4. The number of rotatable bonds is 6. The van der Waals surface area contributed by atoms with Gasteiger partial charge in [0.2, 0.25) is 0 Å². The summed E-state index contributed by atoms with van der Waals surface area (Å²) in [5.74, 6) is 0.753. The number of nitrogens with zero attached hydrogens (tertiary/aromatic N) is 1. The molecule has 0 bridgehead atoms. The lowest BCUT2D eigenvalue weighted by Gasteiger charge is -2.16. The van der Waals surface area contributed by atoms with E-state index in [9.17, 15) is 0 Å². The van der Waals surface area contributed by atoms with Crippen molar-refractivity contribution in [3.8, 4) is 11.1 Å². The Morgan fingerprint density at radius 3 is 2.46 bits per heavy atom. The summed E-state index contributed by atoms with van der Waals surface area (Å²) in [4.78, 5) is 4.67. The third kappa shape index (κ3) is 3.51. The summed E-state index contributed by atoms with van der Waals surface area (Å²) in [6.45, 7) is 0.500. The number of anilines is 1. The third-order valence-corrected chi connectivity index (χ3v) is 4.19. The molecule has 0 unspecified atom stereocenters. The predicted octanol–water partition coefficient (Wildman–Crippen LogP) is 4.59. The Morgan fingerprint density at radius 2 is 1.71 bits per heavy atom. The fraction of sp³-hybridized carbons (Fsp3) is 0.211. The molecule has 3 rings (SSSR count). The van der Waals surface area contributed by atoms with Gasteiger partial charge in [-0.25, -0.2) is 4.98 Å². The number of benzene rings is 2. The van der Waals surface area contributed by atoms with E-state index in [4.69, 9.17) is 21.1 Å². The molecule has 1 N–H and O–H groups in total. The van der Waals surface area contributed by atoms with Gasteiger partial charge >= 0.3 is 0 Å². The number of para-hydroxylation sites is 1. The van der Waals surface area contributed by atoms with Gasteiger partial charge in [-0.3, -0.25) is 0 Å². The number of fused-ring (bicyclic) bond motifs is 1. The maximum atomic E-state index is 6.40. The lowest BCUT2D eigenvalue weighted by molar-refractivity contribution is -0.0914. The highest BCUT2D eigenvalue weighted by molar-refractivity contribution is 6.33. The van der Waals surface area contributed by atoms with Crippen LogP contribution in [-0.4, -0.2) is 32.0 Å². The van der Waals surface area contributed by atoms with Crippen LogP contribution in [0.3, 0.4) is 0 Å². The summed E-state index contributed by atoms with van der Waals surface area (Å²) in [5, 5.41) is 5.04. The number of hydrogen-bond donors (Lipinski definition) is 1. The average molecular weight is 343 g/mol. The van der Waals surface area contributed by atoms with Gasteiger partial charge in [-0.15, -0.1) is 0 Å². The highest BCUT2D eigenvalue weighted by Gasteiger charge is 2.11. The highest BCUT2D eigenvalue weighted by Crippen LogP contribution is 2.34. The zero-order chi connectivity index (χ0) is 16.9. The van der Waals surface area contributed by atoms with Crippen LogP contribution in [-0.2, 0) is 9.47 Å². The van der Waals surface area contributed by atoms with Crippen molar-refractivity contribution < 1.29 is 9.47 Å². The van der Waals surface area contributed by atoms with Gasteiger partial charge in [0.15, 0.2) is 6.29 Å². The first kappa shape index (κ1) is 16.7. The minimum absolute atomic E-state index is 0.331. The van der Waals surface area contributed by atoms with Crippen molar-refractivity contribution >= 4 is 28.3 Å². The van der Waals surface area contributed by atoms with Crippen LogP contribution in [0.4, 0.5) is 5.82 Å². The molecule has 0 radical (unpaired) electrons. The van der Waals surface area contributed by atoms with E-state index in [0.717, 1.165) is 27.8 Å². The molecule has 0 saturated carbocycles. The normalized spacial score (nSPS) is 11.2. The van der Waals surface area contributed by atoms with Gasteiger partial charge in [-0.1, -0.05) is 48.0 Å². The van der Waals surface area contributed by atoms with Crippen molar-refractivity contribution in [1.29, 1.82) is 0 Å². The molecule has 124 valence electrons. The first-order chi connectivity index (χ1) is 11.7. The maximum Gasteiger partial charge on any atom is 0.173 e. The lowest BCUT2D eigenvalue weighted by Crippen LogP contribution is -2.24. The van der Waals surface area contributed by atoms with Gasteiger partial charge in [-0.05, 0) is 23.8 Å². The molecule has 0 amide bonds. The monoisotopic (exact) mass is 342 g/mol. The van der Waals surface area contributed by atoms with Crippen molar-refractivity contribution in [2.75, 3.05) is 26.1 Å². The molecule has 0 spiro atoms. The van der Waals surface area contributed by atoms with E-state index in [-0.39, 0.29) is 6.29 Å². The molecule has 2 aromatic carbocycles. The number of ether oxygens (including phenoxy) is 2. The summed E-state index contributed by atoms with van der Waals surface area (Å²) in [6, 6.07) is 17.8. The predicted molar refractivity (Wildman–Crippen MR) is 98.5 cm³/mol. The van der Waals surface area contributed by atoms with E-state index in [1.807, 2.05) is 48.5 Å². The molecule has 5 heteroatoms. The fourth-order valence-electron chi connectivity index (χ4n) is 2.62. The molecule has 0 aliphatic carbocycles. The zero-order valence-corrected chi connectivity index (χ0v) is 14.4. The standard InChI is InChI=1S/C19H19ClN2O2/c1-23-19(24-2)12-21-18-11-15(13-7-3-5-9-16(13)20)14-8-4-6-10-17(14)22-18/h3-11,19H,12H2,1-2H3,(H,21,22). The van der Waals surface area contributed by atoms with Crippen LogP contribution >= 0.6 is 11.6 Å². The molecule has 4 nitrogen and oxygen atoms in total. The Balaban J connectivity index is 2.05. The second kappa shape index (κ2) is 7.62. The summed E-state index contributed by atoms with van der Waals surface area (Å²) >= 11 is 6.40. The fourth-order valence-corrected chi connectivity index (χ4v) is 2.86. The van der Waals surface area contributed by atoms with Gasteiger partial charge in [-0.2, -0.15) is 0 Å². The molecule has 0 aliphatic rings. The van der Waals surface area contributed by atoms with Crippen molar-refractivity contribution in [3.63, 3.8) is 0 Å². The van der Waals surface area contributed by atoms with Crippen LogP contribution in [0.2, 0.25) is 5.02 Å². The van der Waals surface area contributed by atoms with Gasteiger partial charge in [0.05, 0.1) is 12.1 Å². The lowest BCUT2D eigenvalue weighted by atomic mass is 10.0. The second-order valence-corrected chi connectivity index (χ2v) is 5.74. The molecule has 1 aromatic heterocycles. The highest BCUT2D eigenvalue weighted by atomic mass is 35.5. The Bertz CT molecular complexity index is 834. The molecule has 0 atom stereocenters. The van der Waals surface area contributed by atoms with E-state index in [1.54, 1.807) is 14.2 Å². The van der Waals surface area contributed by atoms with Gasteiger partial charge < -0.3 is 14.8 Å². The van der Waals surface area contributed by atoms with Gasteiger partial charge in [0.1, 0.15) is 5.82 Å². The summed E-state index contributed by atoms with van der Waals surface area (Å²) in [7, 11) is 3.22. The Kier molecular flexibility index (Phi) is 5.30. The van der Waals surface area contributed by atoms with Crippen LogP contribution in [0.15, 0.2) is 54.6 Å². The van der Waals surface area contributed by atoms with Crippen molar-refractivity contribution in [3.05, 3.63) is 59.6 Å². The molecule has 3 aromatic rings. The Labute approximate surface area is 146 Å². The number of halogens is 1. The molecule has 1 heterocycles. The van der Waals surface area contributed by atoms with Gasteiger partial charge in [0.25, 0.3) is 0 Å². The van der Waals surface area contributed by atoms with Crippen LogP contribution in [0.1, 0.15) is 0 Å². The second-order valence-electron chi connectivity index (χ2n) is 5.33. The minimum atomic E-state index is -0.331. The van der Waals surface area contributed by atoms with Crippen molar-refractivity contribution in [2.24, 2.45) is 0 Å². The third-order valence-electron chi connectivity index (χ3n) is 3.86. The quantitative estimate of drug-likeness (QED) is 0.665. The minimum Gasteiger partial charge on any atom is -0.365 e. The molecule has 0 fully saturated rings. The summed E-state index contributed by atoms with van der Waals surface area (Å²) in [6.07, 6.45) is -0.331. The largest absolute Gasteiger partial charge is 0.365 e. The maximum absolute atomic E-state index is 6.40. The molecule has 24 heavy (non-hydrogen) atoms. The first-order valence-corrected chi connectivity index (χ1v) is 8.05. The van der Waals surface area contributed by atoms with E-state index >= 15 is 0 Å². The summed E-state index contributed by atoms with van der Waals surface area (Å²) < 4.78 is 10.4. The topological polar surface area (TPSA) is 43.4 Å². The number of aromatic nitrogens is 1. The van der Waals surface area contributed by atoms with E-state index in [1.165, 1.54) is 0 Å². The molecular weight excluding hydrogens is 324 g/mol. The van der Waals surface area contributed by atoms with E-state index in [0.29, 0.717) is 11.6 Å². The summed E-state index contributed by atoms with van der Waals surface area (Å²) in [5.41, 5.74) is 2.93. The number of nitrogens with one attached hydrogen (secondary N) is 1. The van der Waals surface area contributed by atoms with Crippen LogP contribution in [0, 0.1) is 0 Å². The molecule has 0 aliphatic heterocycles.